The van der Waals surface area contributed by atoms with Gasteiger partial charge in [-0.15, -0.1) is 0 Å². The van der Waals surface area contributed by atoms with Crippen LogP contribution in [0, 0.1) is 5.92 Å². The van der Waals surface area contributed by atoms with E-state index in [0.717, 1.165) is 30.8 Å². The number of rotatable bonds is 1. The first kappa shape index (κ1) is 17.0. The maximum atomic E-state index is 10.7. The molecule has 2 aromatic carbocycles. The van der Waals surface area contributed by atoms with Crippen LogP contribution in [0.15, 0.2) is 48.5 Å². The fourth-order valence-electron chi connectivity index (χ4n) is 5.58. The van der Waals surface area contributed by atoms with E-state index in [4.69, 9.17) is 4.74 Å². The molecule has 3 heterocycles. The fourth-order valence-corrected chi connectivity index (χ4v) is 5.58. The van der Waals surface area contributed by atoms with Crippen LogP contribution in [0.3, 0.4) is 0 Å². The lowest BCUT2D eigenvalue weighted by atomic mass is 9.73. The minimum Gasteiger partial charge on any atom is -0.508 e. The van der Waals surface area contributed by atoms with Crippen molar-refractivity contribution in [2.45, 2.75) is 24.4 Å². The molecule has 5 nitrogen and oxygen atoms in total. The summed E-state index contributed by atoms with van der Waals surface area (Å²) in [5.74, 6) is 1.59. The number of para-hydroxylation sites is 2. The van der Waals surface area contributed by atoms with E-state index in [-0.39, 0.29) is 23.9 Å². The van der Waals surface area contributed by atoms with Crippen LogP contribution in [0.1, 0.15) is 29.8 Å². The van der Waals surface area contributed by atoms with Crippen LogP contribution in [0.4, 0.5) is 0 Å². The van der Waals surface area contributed by atoms with E-state index in [9.17, 15) is 5.11 Å². The highest BCUT2D eigenvalue weighted by Gasteiger charge is 2.61. The fraction of sp³-hybridized carbons (Fsp3) is 0.455. The highest BCUT2D eigenvalue weighted by atomic mass is 16.5. The molecule has 5 rings (SSSR count). The van der Waals surface area contributed by atoms with E-state index >= 15 is 0 Å². The van der Waals surface area contributed by atoms with Gasteiger partial charge in [0.1, 0.15) is 11.5 Å². The first-order valence-electron chi connectivity index (χ1n) is 9.72. The molecule has 0 amide bonds. The van der Waals surface area contributed by atoms with Crippen LogP contribution in [0.2, 0.25) is 0 Å². The van der Waals surface area contributed by atoms with Gasteiger partial charge >= 0.3 is 0 Å². The summed E-state index contributed by atoms with van der Waals surface area (Å²) < 4.78 is 6.79. The predicted octanol–water partition coefficient (Wildman–Crippen LogP) is 3.05. The van der Waals surface area contributed by atoms with Crippen LogP contribution < -0.4 is 4.74 Å². The maximum Gasteiger partial charge on any atom is 0.171 e. The molecule has 5 heteroatoms. The molecule has 142 valence electrons. The van der Waals surface area contributed by atoms with E-state index < -0.39 is 0 Å². The topological polar surface area (TPSA) is 39.2 Å². The molecule has 2 bridgehead atoms. The van der Waals surface area contributed by atoms with Crippen molar-refractivity contribution in [1.29, 1.82) is 0 Å². The van der Waals surface area contributed by atoms with Gasteiger partial charge in [-0.3, -0.25) is 4.90 Å². The normalized spacial score (nSPS) is 33.8. The van der Waals surface area contributed by atoms with Gasteiger partial charge in [-0.2, -0.15) is 0 Å². The summed E-state index contributed by atoms with van der Waals surface area (Å²) >= 11 is 0. The quantitative estimate of drug-likeness (QED) is 0.841. The Labute approximate surface area is 160 Å². The Morgan fingerprint density at radius 1 is 1.00 bits per heavy atom. The Hall–Kier alpha value is -2.08. The van der Waals surface area contributed by atoms with Crippen LogP contribution >= 0.6 is 0 Å². The number of ether oxygens (including phenoxy) is 1. The molecule has 27 heavy (non-hydrogen) atoms. The average Bonchev–Trinajstić information content (AvgIpc) is 2.66. The van der Waals surface area contributed by atoms with Gasteiger partial charge in [0.15, 0.2) is 5.72 Å². The number of phenolic OH excluding ortho intramolecular Hbond substituents is 1. The summed E-state index contributed by atoms with van der Waals surface area (Å²) in [7, 11) is 6.55. The molecular formula is C22H27N3O2. The van der Waals surface area contributed by atoms with Gasteiger partial charge in [0.2, 0.25) is 0 Å². The number of piperidine rings is 1. The molecule has 0 aromatic heterocycles. The van der Waals surface area contributed by atoms with Gasteiger partial charge in [0, 0.05) is 42.6 Å². The minimum absolute atomic E-state index is 0.0866. The zero-order valence-electron chi connectivity index (χ0n) is 16.2. The summed E-state index contributed by atoms with van der Waals surface area (Å²) in [4.78, 5) is 7.22. The molecule has 0 radical (unpaired) electrons. The summed E-state index contributed by atoms with van der Waals surface area (Å²) in [6, 6.07) is 16.3. The van der Waals surface area contributed by atoms with Crippen molar-refractivity contribution in [3.63, 3.8) is 0 Å². The summed E-state index contributed by atoms with van der Waals surface area (Å²) in [5, 5.41) is 10.7. The first-order valence-corrected chi connectivity index (χ1v) is 9.72. The Morgan fingerprint density at radius 3 is 2.48 bits per heavy atom. The summed E-state index contributed by atoms with van der Waals surface area (Å²) in [6.45, 7) is 1.94. The number of likely N-dealkylation sites (tertiary alicyclic amines) is 1. The van der Waals surface area contributed by atoms with E-state index in [0.29, 0.717) is 5.75 Å². The molecule has 1 N–H and O–H groups in total. The van der Waals surface area contributed by atoms with E-state index in [1.165, 1.54) is 5.56 Å². The number of phenols is 1. The number of nitrogens with zero attached hydrogens (tertiary/aromatic N) is 3. The lowest BCUT2D eigenvalue weighted by molar-refractivity contribution is -0.257. The van der Waals surface area contributed by atoms with Crippen molar-refractivity contribution >= 4 is 0 Å². The molecule has 3 aliphatic rings. The van der Waals surface area contributed by atoms with Gasteiger partial charge in [-0.1, -0.05) is 36.4 Å². The smallest absolute Gasteiger partial charge is 0.171 e. The molecule has 2 fully saturated rings. The SMILES string of the molecule is CN1CCC23Oc4ccccc4C(N(C)C(c4ccccc4O)C2C1)N3C. The van der Waals surface area contributed by atoms with Crippen molar-refractivity contribution in [3.8, 4) is 11.5 Å². The second-order valence-corrected chi connectivity index (χ2v) is 8.26. The lowest BCUT2D eigenvalue weighted by Gasteiger charge is -2.64. The average molecular weight is 365 g/mol. The zero-order valence-corrected chi connectivity index (χ0v) is 16.2. The third kappa shape index (κ3) is 2.29. The van der Waals surface area contributed by atoms with Gasteiger partial charge in [0.25, 0.3) is 0 Å². The largest absolute Gasteiger partial charge is 0.508 e. The van der Waals surface area contributed by atoms with Crippen molar-refractivity contribution in [1.82, 2.24) is 14.7 Å². The van der Waals surface area contributed by atoms with E-state index in [1.807, 2.05) is 12.1 Å². The highest BCUT2D eigenvalue weighted by molar-refractivity contribution is 5.43. The monoisotopic (exact) mass is 365 g/mol. The van der Waals surface area contributed by atoms with Crippen molar-refractivity contribution in [2.75, 3.05) is 34.2 Å². The Morgan fingerprint density at radius 2 is 1.70 bits per heavy atom. The Balaban J connectivity index is 1.72. The standard InChI is InChI=1S/C22H27N3O2/c1-23-13-12-22-17(14-23)20(15-8-4-6-10-18(15)26)24(2)21(25(22)3)16-9-5-7-11-19(16)27-22/h4-11,17,20-21,26H,12-14H2,1-3H3. The van der Waals surface area contributed by atoms with E-state index in [1.54, 1.807) is 6.07 Å². The third-order valence-electron chi connectivity index (χ3n) is 6.85. The van der Waals surface area contributed by atoms with E-state index in [2.05, 4.69) is 66.2 Å². The van der Waals surface area contributed by atoms with Crippen molar-refractivity contribution in [2.24, 2.45) is 5.92 Å². The van der Waals surface area contributed by atoms with Gasteiger partial charge in [-0.25, -0.2) is 4.90 Å². The van der Waals surface area contributed by atoms with Crippen LogP contribution in [-0.4, -0.2) is 59.8 Å². The molecular weight excluding hydrogens is 338 g/mol. The Kier molecular flexibility index (Phi) is 3.76. The minimum atomic E-state index is -0.356. The highest BCUT2D eigenvalue weighted by Crippen LogP contribution is 2.57. The zero-order chi connectivity index (χ0) is 18.8. The Bertz CT molecular complexity index is 872. The molecule has 2 saturated heterocycles. The molecule has 4 atom stereocenters. The van der Waals surface area contributed by atoms with Gasteiger partial charge in [0.05, 0.1) is 6.17 Å². The molecule has 3 aliphatic heterocycles. The van der Waals surface area contributed by atoms with Crippen LogP contribution in [0.5, 0.6) is 11.5 Å². The number of hydrogen-bond donors (Lipinski definition) is 1. The van der Waals surface area contributed by atoms with Crippen molar-refractivity contribution < 1.29 is 9.84 Å². The number of hydrogen-bond acceptors (Lipinski definition) is 5. The third-order valence-corrected chi connectivity index (χ3v) is 6.85. The number of fused-ring (bicyclic) bond motifs is 3. The predicted molar refractivity (Wildman–Crippen MR) is 105 cm³/mol. The summed E-state index contributed by atoms with van der Waals surface area (Å²) in [6.07, 6.45) is 1.08. The van der Waals surface area contributed by atoms with Gasteiger partial charge in [-0.05, 0) is 33.3 Å². The van der Waals surface area contributed by atoms with Crippen LogP contribution in [0.25, 0.3) is 0 Å². The van der Waals surface area contributed by atoms with Gasteiger partial charge < -0.3 is 14.7 Å². The first-order chi connectivity index (χ1) is 13.0. The number of aromatic hydroxyl groups is 1. The molecule has 0 saturated carbocycles. The van der Waals surface area contributed by atoms with Crippen molar-refractivity contribution in [3.05, 3.63) is 59.7 Å². The number of benzene rings is 2. The molecule has 0 aliphatic carbocycles. The lowest BCUT2D eigenvalue weighted by Crippen LogP contribution is -2.72. The maximum absolute atomic E-state index is 10.7. The second kappa shape index (κ2) is 5.96. The molecule has 2 aromatic rings. The molecule has 4 unspecified atom stereocenters. The molecule has 1 spiro atoms. The second-order valence-electron chi connectivity index (χ2n) is 8.26. The summed E-state index contributed by atoms with van der Waals surface area (Å²) in [5.41, 5.74) is 1.84. The van der Waals surface area contributed by atoms with Crippen LogP contribution in [-0.2, 0) is 0 Å².